The number of rotatable bonds is 6. The maximum absolute atomic E-state index is 12.1. The van der Waals surface area contributed by atoms with Crippen LogP contribution in [0.15, 0.2) is 18.2 Å². The van der Waals surface area contributed by atoms with Crippen molar-refractivity contribution in [2.24, 2.45) is 0 Å². The first-order valence-corrected chi connectivity index (χ1v) is 5.72. The van der Waals surface area contributed by atoms with Crippen molar-refractivity contribution in [1.29, 1.82) is 0 Å². The van der Waals surface area contributed by atoms with Crippen LogP contribution in [0.1, 0.15) is 16.8 Å². The summed E-state index contributed by atoms with van der Waals surface area (Å²) in [6.07, 6.45) is 4.97. The first-order valence-electron chi connectivity index (χ1n) is 5.72. The van der Waals surface area contributed by atoms with Gasteiger partial charge in [-0.05, 0) is 18.2 Å². The number of methoxy groups -OCH3 is 2. The zero-order valence-corrected chi connectivity index (χ0v) is 11.2. The normalized spacial score (nSPS) is 11.1. The van der Waals surface area contributed by atoms with E-state index in [-0.39, 0.29) is 12.0 Å². The van der Waals surface area contributed by atoms with Gasteiger partial charge < -0.3 is 19.9 Å². The van der Waals surface area contributed by atoms with Gasteiger partial charge in [-0.15, -0.1) is 12.3 Å². The van der Waals surface area contributed by atoms with Gasteiger partial charge in [0, 0.05) is 6.42 Å². The van der Waals surface area contributed by atoms with Crippen LogP contribution in [-0.2, 0) is 4.79 Å². The molecule has 1 amide bonds. The highest BCUT2D eigenvalue weighted by molar-refractivity contribution is 5.99. The molecule has 0 saturated heterocycles. The molecule has 0 spiro atoms. The molecule has 0 aliphatic heterocycles. The summed E-state index contributed by atoms with van der Waals surface area (Å²) in [6, 6.07) is 3.50. The van der Waals surface area contributed by atoms with Crippen LogP contribution in [0.5, 0.6) is 11.5 Å². The van der Waals surface area contributed by atoms with Crippen LogP contribution in [0.25, 0.3) is 0 Å². The molecular weight excluding hydrogens is 262 g/mol. The van der Waals surface area contributed by atoms with Crippen LogP contribution < -0.4 is 14.8 Å². The summed E-state index contributed by atoms with van der Waals surface area (Å²) >= 11 is 0. The minimum atomic E-state index is -1.20. The average molecular weight is 277 g/mol. The number of ether oxygens (including phenoxy) is 2. The molecule has 1 rings (SSSR count). The Morgan fingerprint density at radius 3 is 2.60 bits per heavy atom. The Kier molecular flexibility index (Phi) is 5.42. The van der Waals surface area contributed by atoms with Crippen molar-refractivity contribution in [2.45, 2.75) is 12.5 Å². The summed E-state index contributed by atoms with van der Waals surface area (Å²) in [4.78, 5) is 23.1. The van der Waals surface area contributed by atoms with E-state index in [0.29, 0.717) is 11.5 Å². The van der Waals surface area contributed by atoms with E-state index in [1.807, 2.05) is 0 Å². The van der Waals surface area contributed by atoms with E-state index in [9.17, 15) is 9.59 Å². The highest BCUT2D eigenvalue weighted by Gasteiger charge is 2.22. The lowest BCUT2D eigenvalue weighted by atomic mass is 10.1. The number of benzene rings is 1. The van der Waals surface area contributed by atoms with Crippen molar-refractivity contribution >= 4 is 11.9 Å². The highest BCUT2D eigenvalue weighted by Crippen LogP contribution is 2.23. The van der Waals surface area contributed by atoms with Crippen LogP contribution in [-0.4, -0.2) is 37.2 Å². The molecule has 20 heavy (non-hydrogen) atoms. The number of hydrogen-bond acceptors (Lipinski definition) is 4. The Bertz CT molecular complexity index is 547. The average Bonchev–Trinajstić information content (AvgIpc) is 2.45. The zero-order chi connectivity index (χ0) is 15.1. The Balaban J connectivity index is 3.01. The van der Waals surface area contributed by atoms with Gasteiger partial charge in [-0.2, -0.15) is 0 Å². The largest absolute Gasteiger partial charge is 0.497 e. The van der Waals surface area contributed by atoms with Crippen LogP contribution in [0.2, 0.25) is 0 Å². The van der Waals surface area contributed by atoms with E-state index in [1.165, 1.54) is 20.3 Å². The van der Waals surface area contributed by atoms with Crippen LogP contribution in [0.3, 0.4) is 0 Å². The third kappa shape index (κ3) is 3.65. The Morgan fingerprint density at radius 1 is 1.40 bits per heavy atom. The third-order valence-corrected chi connectivity index (χ3v) is 2.58. The number of nitrogens with one attached hydrogen (secondary N) is 1. The maximum atomic E-state index is 12.1. The molecular formula is C14H15NO5. The van der Waals surface area contributed by atoms with Crippen molar-refractivity contribution in [3.63, 3.8) is 0 Å². The predicted octanol–water partition coefficient (Wildman–Crippen LogP) is 0.910. The van der Waals surface area contributed by atoms with E-state index >= 15 is 0 Å². The van der Waals surface area contributed by atoms with E-state index in [0.717, 1.165) is 0 Å². The fraction of sp³-hybridized carbons (Fsp3) is 0.286. The topological polar surface area (TPSA) is 84.9 Å². The number of carbonyl (C=O) groups is 2. The molecule has 1 unspecified atom stereocenters. The molecule has 106 valence electrons. The first-order chi connectivity index (χ1) is 9.53. The van der Waals surface area contributed by atoms with Gasteiger partial charge in [0.25, 0.3) is 5.91 Å². The quantitative estimate of drug-likeness (QED) is 0.755. The fourth-order valence-corrected chi connectivity index (χ4v) is 1.55. The SMILES string of the molecule is C#CCC(NC(=O)c1cc(OC)ccc1OC)C(=O)O. The zero-order valence-electron chi connectivity index (χ0n) is 11.2. The monoisotopic (exact) mass is 277 g/mol. The highest BCUT2D eigenvalue weighted by atomic mass is 16.5. The van der Waals surface area contributed by atoms with Crippen LogP contribution in [0, 0.1) is 12.3 Å². The second-order valence-electron chi connectivity index (χ2n) is 3.84. The Labute approximate surface area is 116 Å². The summed E-state index contributed by atoms with van der Waals surface area (Å²) in [5, 5.41) is 11.3. The van der Waals surface area contributed by atoms with Crippen molar-refractivity contribution in [3.8, 4) is 23.8 Å². The molecule has 0 bridgehead atoms. The molecule has 1 aromatic carbocycles. The number of aliphatic carboxylic acids is 1. The second-order valence-corrected chi connectivity index (χ2v) is 3.84. The molecule has 6 heteroatoms. The fourth-order valence-electron chi connectivity index (χ4n) is 1.55. The molecule has 0 radical (unpaired) electrons. The Hall–Kier alpha value is -2.68. The molecule has 0 aliphatic carbocycles. The lowest BCUT2D eigenvalue weighted by Gasteiger charge is -2.14. The molecule has 0 aromatic heterocycles. The van der Waals surface area contributed by atoms with E-state index in [1.54, 1.807) is 12.1 Å². The lowest BCUT2D eigenvalue weighted by Crippen LogP contribution is -2.40. The number of carbonyl (C=O) groups excluding carboxylic acids is 1. The van der Waals surface area contributed by atoms with Crippen LogP contribution >= 0.6 is 0 Å². The second kappa shape index (κ2) is 7.04. The van der Waals surface area contributed by atoms with E-state index in [2.05, 4.69) is 11.2 Å². The van der Waals surface area contributed by atoms with Gasteiger partial charge in [0.05, 0.1) is 19.8 Å². The lowest BCUT2D eigenvalue weighted by molar-refractivity contribution is -0.139. The predicted molar refractivity (Wildman–Crippen MR) is 71.9 cm³/mol. The number of hydrogen-bond donors (Lipinski definition) is 2. The van der Waals surface area contributed by atoms with E-state index in [4.69, 9.17) is 21.0 Å². The van der Waals surface area contributed by atoms with Gasteiger partial charge in [-0.25, -0.2) is 4.79 Å². The maximum Gasteiger partial charge on any atom is 0.327 e. The summed E-state index contributed by atoms with van der Waals surface area (Å²) in [6.45, 7) is 0. The number of terminal acetylenes is 1. The number of carboxylic acids is 1. The molecule has 0 fully saturated rings. The van der Waals surface area contributed by atoms with E-state index < -0.39 is 17.9 Å². The molecule has 0 heterocycles. The van der Waals surface area contributed by atoms with Crippen LogP contribution in [0.4, 0.5) is 0 Å². The molecule has 0 saturated carbocycles. The number of amides is 1. The van der Waals surface area contributed by atoms with Gasteiger partial charge in [-0.1, -0.05) is 0 Å². The summed E-state index contributed by atoms with van der Waals surface area (Å²) in [5.74, 6) is 1.19. The van der Waals surface area contributed by atoms with Crippen molar-refractivity contribution in [3.05, 3.63) is 23.8 Å². The van der Waals surface area contributed by atoms with Crippen molar-refractivity contribution < 1.29 is 24.2 Å². The minimum Gasteiger partial charge on any atom is -0.497 e. The number of carboxylic acid groups (broad SMARTS) is 1. The Morgan fingerprint density at radius 2 is 2.10 bits per heavy atom. The molecule has 0 aliphatic rings. The summed E-state index contributed by atoms with van der Waals surface area (Å²) < 4.78 is 10.1. The van der Waals surface area contributed by atoms with Gasteiger partial charge in [0.1, 0.15) is 17.5 Å². The van der Waals surface area contributed by atoms with Gasteiger partial charge >= 0.3 is 5.97 Å². The molecule has 6 nitrogen and oxygen atoms in total. The van der Waals surface area contributed by atoms with Gasteiger partial charge in [0.15, 0.2) is 0 Å². The third-order valence-electron chi connectivity index (χ3n) is 2.58. The smallest absolute Gasteiger partial charge is 0.327 e. The van der Waals surface area contributed by atoms with Gasteiger partial charge in [0.2, 0.25) is 0 Å². The standard InChI is InChI=1S/C14H15NO5/c1-4-5-11(14(17)18)15-13(16)10-8-9(19-2)6-7-12(10)20-3/h1,6-8,11H,5H2,2-3H3,(H,15,16)(H,17,18). The van der Waals surface area contributed by atoms with Crippen molar-refractivity contribution in [2.75, 3.05) is 14.2 Å². The first kappa shape index (κ1) is 15.4. The minimum absolute atomic E-state index is 0.104. The summed E-state index contributed by atoms with van der Waals surface area (Å²) in [5.41, 5.74) is 0.176. The van der Waals surface area contributed by atoms with Gasteiger partial charge in [-0.3, -0.25) is 4.79 Å². The molecule has 1 atom stereocenters. The molecule has 1 aromatic rings. The van der Waals surface area contributed by atoms with Crippen molar-refractivity contribution in [1.82, 2.24) is 5.32 Å². The summed E-state index contributed by atoms with van der Waals surface area (Å²) in [7, 11) is 2.87. The molecule has 2 N–H and O–H groups in total.